The molecule has 1 heterocycles. The highest BCUT2D eigenvalue weighted by atomic mass is 35.5. The predicted molar refractivity (Wildman–Crippen MR) is 81.2 cm³/mol. The molecule has 6 heteroatoms. The SMILES string of the molecule is COc1cc(Nc2nccc(C)c2N)c(OC)cc1Cl. The Bertz CT molecular complexity index is 632. The Labute approximate surface area is 122 Å². The number of nitrogen functional groups attached to an aromatic ring is 1. The molecule has 2 rings (SSSR count). The average Bonchev–Trinajstić information content (AvgIpc) is 2.45. The van der Waals surface area contributed by atoms with Crippen LogP contribution in [0.3, 0.4) is 0 Å². The van der Waals surface area contributed by atoms with Crippen molar-refractivity contribution in [2.45, 2.75) is 6.92 Å². The summed E-state index contributed by atoms with van der Waals surface area (Å²) in [5.74, 6) is 1.69. The fourth-order valence-electron chi connectivity index (χ4n) is 1.75. The summed E-state index contributed by atoms with van der Waals surface area (Å²) >= 11 is 6.07. The topological polar surface area (TPSA) is 69.4 Å². The third-order valence-electron chi connectivity index (χ3n) is 2.94. The number of nitrogens with one attached hydrogen (secondary N) is 1. The van der Waals surface area contributed by atoms with Gasteiger partial charge in [-0.25, -0.2) is 4.98 Å². The van der Waals surface area contributed by atoms with E-state index in [1.165, 1.54) is 0 Å². The molecule has 0 saturated heterocycles. The molecule has 0 fully saturated rings. The van der Waals surface area contributed by atoms with Gasteiger partial charge in [0.05, 0.1) is 30.6 Å². The number of ether oxygens (including phenoxy) is 2. The number of methoxy groups -OCH3 is 2. The molecule has 0 atom stereocenters. The zero-order valence-electron chi connectivity index (χ0n) is 11.5. The summed E-state index contributed by atoms with van der Waals surface area (Å²) in [6, 6.07) is 5.26. The maximum Gasteiger partial charge on any atom is 0.153 e. The highest BCUT2D eigenvalue weighted by Crippen LogP contribution is 2.37. The molecular formula is C14H16ClN3O2. The van der Waals surface area contributed by atoms with Crippen LogP contribution in [0.2, 0.25) is 5.02 Å². The van der Waals surface area contributed by atoms with Crippen LogP contribution in [0.4, 0.5) is 17.2 Å². The number of aromatic nitrogens is 1. The van der Waals surface area contributed by atoms with Crippen molar-refractivity contribution in [3.8, 4) is 11.5 Å². The summed E-state index contributed by atoms with van der Waals surface area (Å²) in [6.07, 6.45) is 1.69. The summed E-state index contributed by atoms with van der Waals surface area (Å²) in [5.41, 5.74) is 8.21. The van der Waals surface area contributed by atoms with E-state index < -0.39 is 0 Å². The number of nitrogens with zero attached hydrogens (tertiary/aromatic N) is 1. The first kappa shape index (κ1) is 14.3. The average molecular weight is 294 g/mol. The molecule has 0 radical (unpaired) electrons. The van der Waals surface area contributed by atoms with Gasteiger partial charge in [-0.2, -0.15) is 0 Å². The molecule has 0 aliphatic rings. The van der Waals surface area contributed by atoms with Crippen LogP contribution in [-0.2, 0) is 0 Å². The molecule has 20 heavy (non-hydrogen) atoms. The lowest BCUT2D eigenvalue weighted by Crippen LogP contribution is -2.02. The number of hydrogen-bond acceptors (Lipinski definition) is 5. The van der Waals surface area contributed by atoms with Gasteiger partial charge in [-0.3, -0.25) is 0 Å². The number of pyridine rings is 1. The van der Waals surface area contributed by atoms with Gasteiger partial charge in [0.25, 0.3) is 0 Å². The van der Waals surface area contributed by atoms with E-state index in [0.717, 1.165) is 5.56 Å². The minimum absolute atomic E-state index is 0.472. The lowest BCUT2D eigenvalue weighted by molar-refractivity contribution is 0.405. The Morgan fingerprint density at radius 3 is 2.55 bits per heavy atom. The first-order valence-corrected chi connectivity index (χ1v) is 6.34. The molecule has 2 aromatic rings. The molecule has 0 saturated carbocycles. The highest BCUT2D eigenvalue weighted by molar-refractivity contribution is 6.32. The van der Waals surface area contributed by atoms with E-state index in [-0.39, 0.29) is 0 Å². The second-order valence-corrected chi connectivity index (χ2v) is 4.61. The van der Waals surface area contributed by atoms with E-state index >= 15 is 0 Å². The number of aryl methyl sites for hydroxylation is 1. The number of halogens is 1. The predicted octanol–water partition coefficient (Wildman–Crippen LogP) is 3.39. The van der Waals surface area contributed by atoms with E-state index in [4.69, 9.17) is 26.8 Å². The molecule has 0 aliphatic heterocycles. The normalized spacial score (nSPS) is 10.2. The zero-order valence-corrected chi connectivity index (χ0v) is 12.3. The van der Waals surface area contributed by atoms with Gasteiger partial charge in [0.15, 0.2) is 5.82 Å². The van der Waals surface area contributed by atoms with Crippen molar-refractivity contribution in [3.63, 3.8) is 0 Å². The second kappa shape index (κ2) is 5.88. The third kappa shape index (κ3) is 2.72. The Morgan fingerprint density at radius 2 is 1.90 bits per heavy atom. The van der Waals surface area contributed by atoms with Gasteiger partial charge >= 0.3 is 0 Å². The molecule has 1 aromatic carbocycles. The summed E-state index contributed by atoms with van der Waals surface area (Å²) in [5, 5.41) is 3.61. The molecule has 0 bridgehead atoms. The number of hydrogen-bond donors (Lipinski definition) is 2. The van der Waals surface area contributed by atoms with Gasteiger partial charge in [0.1, 0.15) is 11.5 Å². The van der Waals surface area contributed by atoms with Crippen LogP contribution in [0.5, 0.6) is 11.5 Å². The minimum atomic E-state index is 0.472. The van der Waals surface area contributed by atoms with E-state index in [2.05, 4.69) is 10.3 Å². The number of nitrogens with two attached hydrogens (primary N) is 1. The van der Waals surface area contributed by atoms with Crippen LogP contribution in [0.15, 0.2) is 24.4 Å². The van der Waals surface area contributed by atoms with Crippen molar-refractivity contribution in [3.05, 3.63) is 35.0 Å². The molecule has 0 spiro atoms. The molecule has 1 aromatic heterocycles. The van der Waals surface area contributed by atoms with Gasteiger partial charge in [-0.1, -0.05) is 11.6 Å². The Morgan fingerprint density at radius 1 is 1.20 bits per heavy atom. The van der Waals surface area contributed by atoms with Crippen molar-refractivity contribution in [1.82, 2.24) is 4.98 Å². The quantitative estimate of drug-likeness (QED) is 0.904. The molecule has 0 unspecified atom stereocenters. The first-order chi connectivity index (χ1) is 9.56. The Hall–Kier alpha value is -2.14. The van der Waals surface area contributed by atoms with Gasteiger partial charge in [0, 0.05) is 18.3 Å². The van der Waals surface area contributed by atoms with Crippen LogP contribution in [0.1, 0.15) is 5.56 Å². The Balaban J connectivity index is 2.44. The summed E-state index contributed by atoms with van der Waals surface area (Å²) in [7, 11) is 3.12. The van der Waals surface area contributed by atoms with Crippen molar-refractivity contribution in [2.24, 2.45) is 0 Å². The number of anilines is 3. The van der Waals surface area contributed by atoms with E-state index in [0.29, 0.717) is 33.7 Å². The number of rotatable bonds is 4. The summed E-state index contributed by atoms with van der Waals surface area (Å²) in [4.78, 5) is 4.22. The van der Waals surface area contributed by atoms with Gasteiger partial charge in [0.2, 0.25) is 0 Å². The van der Waals surface area contributed by atoms with Crippen LogP contribution in [-0.4, -0.2) is 19.2 Å². The number of benzene rings is 1. The van der Waals surface area contributed by atoms with Crippen LogP contribution >= 0.6 is 11.6 Å². The van der Waals surface area contributed by atoms with Crippen molar-refractivity contribution >= 4 is 28.8 Å². The molecule has 106 valence electrons. The monoisotopic (exact) mass is 293 g/mol. The van der Waals surface area contributed by atoms with Gasteiger partial charge in [-0.05, 0) is 18.6 Å². The summed E-state index contributed by atoms with van der Waals surface area (Å²) in [6.45, 7) is 1.92. The first-order valence-electron chi connectivity index (χ1n) is 5.96. The highest BCUT2D eigenvalue weighted by Gasteiger charge is 2.12. The third-order valence-corrected chi connectivity index (χ3v) is 3.23. The van der Waals surface area contributed by atoms with Crippen LogP contribution < -0.4 is 20.5 Å². The van der Waals surface area contributed by atoms with Crippen molar-refractivity contribution in [2.75, 3.05) is 25.3 Å². The Kier molecular flexibility index (Phi) is 4.20. The smallest absolute Gasteiger partial charge is 0.153 e. The maximum absolute atomic E-state index is 6.07. The van der Waals surface area contributed by atoms with Crippen molar-refractivity contribution in [1.29, 1.82) is 0 Å². The fourth-order valence-corrected chi connectivity index (χ4v) is 1.99. The minimum Gasteiger partial charge on any atom is -0.495 e. The molecule has 0 amide bonds. The van der Waals surface area contributed by atoms with E-state index in [9.17, 15) is 0 Å². The van der Waals surface area contributed by atoms with Gasteiger partial charge in [-0.15, -0.1) is 0 Å². The van der Waals surface area contributed by atoms with E-state index in [1.807, 2.05) is 13.0 Å². The fraction of sp³-hybridized carbons (Fsp3) is 0.214. The maximum atomic E-state index is 6.07. The zero-order chi connectivity index (χ0) is 14.7. The van der Waals surface area contributed by atoms with Crippen LogP contribution in [0, 0.1) is 6.92 Å². The van der Waals surface area contributed by atoms with Gasteiger partial charge < -0.3 is 20.5 Å². The largest absolute Gasteiger partial charge is 0.495 e. The van der Waals surface area contributed by atoms with E-state index in [1.54, 1.807) is 32.5 Å². The molecule has 3 N–H and O–H groups in total. The lowest BCUT2D eigenvalue weighted by Gasteiger charge is -2.15. The standard InChI is InChI=1S/C14H16ClN3O2/c1-8-4-5-17-14(13(8)16)18-10-7-11(19-2)9(15)6-12(10)20-3/h4-7H,16H2,1-3H3,(H,17,18). The molecule has 5 nitrogen and oxygen atoms in total. The second-order valence-electron chi connectivity index (χ2n) is 4.20. The lowest BCUT2D eigenvalue weighted by atomic mass is 10.2. The molecule has 0 aliphatic carbocycles. The summed E-state index contributed by atoms with van der Waals surface area (Å²) < 4.78 is 10.5. The van der Waals surface area contributed by atoms with Crippen LogP contribution in [0.25, 0.3) is 0 Å². The molecular weight excluding hydrogens is 278 g/mol. The van der Waals surface area contributed by atoms with Crippen molar-refractivity contribution < 1.29 is 9.47 Å².